The lowest BCUT2D eigenvalue weighted by Crippen LogP contribution is -2.57. The van der Waals surface area contributed by atoms with Gasteiger partial charge in [0.15, 0.2) is 11.6 Å². The minimum Gasteiger partial charge on any atom is -0.488 e. The van der Waals surface area contributed by atoms with Crippen LogP contribution in [0.25, 0.3) is 26.4 Å². The second kappa shape index (κ2) is 20.5. The molecule has 0 aliphatic carbocycles. The maximum Gasteiger partial charge on any atom is 0.308 e. The molecule has 3 amide bonds. The van der Waals surface area contributed by atoms with Gasteiger partial charge >= 0.3 is 5.97 Å². The van der Waals surface area contributed by atoms with E-state index < -0.39 is 41.5 Å². The second-order valence-electron chi connectivity index (χ2n) is 20.8. The third kappa shape index (κ3) is 10.2. The number of ether oxygens (including phenoxy) is 2. The van der Waals surface area contributed by atoms with Crippen molar-refractivity contribution in [3.05, 3.63) is 129 Å². The Morgan fingerprint density at radius 2 is 1.68 bits per heavy atom. The summed E-state index contributed by atoms with van der Waals surface area (Å²) in [4.78, 5) is 70.3. The number of hydrogen-bond donors (Lipinski definition) is 3. The van der Waals surface area contributed by atoms with Crippen molar-refractivity contribution < 1.29 is 38.2 Å². The molecule has 75 heavy (non-hydrogen) atoms. The topological polar surface area (TPSA) is 207 Å². The number of thiophene rings is 1. The number of thiazole rings is 1. The Hall–Kier alpha value is -7.22. The summed E-state index contributed by atoms with van der Waals surface area (Å²) in [6.07, 6.45) is -0.127. The van der Waals surface area contributed by atoms with Crippen LogP contribution in [-0.2, 0) is 19.1 Å². The number of rotatable bonds is 13. The number of hydrogen-bond acceptors (Lipinski definition) is 15. The molecule has 3 aromatic carbocycles. The smallest absolute Gasteiger partial charge is 0.308 e. The molecule has 7 heterocycles. The minimum absolute atomic E-state index is 0.0215. The Bertz CT molecular complexity index is 3350. The molecular formula is C56H61N9O8S2. The van der Waals surface area contributed by atoms with Crippen LogP contribution in [0, 0.1) is 33.1 Å². The first-order chi connectivity index (χ1) is 35.8. The Morgan fingerprint density at radius 3 is 2.39 bits per heavy atom. The number of furan rings is 1. The van der Waals surface area contributed by atoms with E-state index >= 15 is 0 Å². The second-order valence-corrected chi connectivity index (χ2v) is 22.9. The van der Waals surface area contributed by atoms with Crippen molar-refractivity contribution in [2.75, 3.05) is 31.6 Å². The van der Waals surface area contributed by atoms with Crippen molar-refractivity contribution in [2.24, 2.45) is 10.4 Å². The van der Waals surface area contributed by atoms with E-state index in [0.29, 0.717) is 29.1 Å². The summed E-state index contributed by atoms with van der Waals surface area (Å²) in [7, 11) is 1.38. The van der Waals surface area contributed by atoms with Crippen LogP contribution >= 0.6 is 22.7 Å². The monoisotopic (exact) mass is 1050 g/mol. The summed E-state index contributed by atoms with van der Waals surface area (Å²) >= 11 is 3.24. The van der Waals surface area contributed by atoms with Crippen molar-refractivity contribution >= 4 is 68.7 Å². The molecule has 3 aliphatic rings. The van der Waals surface area contributed by atoms with Crippen LogP contribution in [0.1, 0.15) is 114 Å². The predicted octanol–water partition coefficient (Wildman–Crippen LogP) is 8.53. The van der Waals surface area contributed by atoms with Crippen molar-refractivity contribution in [1.82, 2.24) is 35.3 Å². The number of fused-ring (bicyclic) bond motifs is 4. The highest BCUT2D eigenvalue weighted by molar-refractivity contribution is 7.15. The van der Waals surface area contributed by atoms with Gasteiger partial charge in [0.25, 0.3) is 5.91 Å². The van der Waals surface area contributed by atoms with Gasteiger partial charge < -0.3 is 39.4 Å². The number of likely N-dealkylation sites (tertiary alicyclic amines) is 1. The molecule has 2 saturated heterocycles. The number of nitrogens with one attached hydrogen (secondary N) is 2. The highest BCUT2D eigenvalue weighted by Crippen LogP contribution is 2.40. The van der Waals surface area contributed by atoms with Gasteiger partial charge in [0, 0.05) is 53.0 Å². The van der Waals surface area contributed by atoms with Gasteiger partial charge in [-0.05, 0) is 93.1 Å². The number of benzene rings is 3. The standard InChI is InChI=1S/C56H61N9O8S2/c1-29-32(4)75-55-47(29)48(59-42(25-46(67)71-9)51-62-61-33(5)65(51)55)35-14-16-38(17-15-35)63-21-20-41(27-63)72-40-18-19-44-37(22-40)23-45(73-44)53(69)60-50(56(6,7)8)54(70)64-26-39(66)24-43(64)52(68)58-30(2)34-10-12-36(13-11-34)49-31(3)57-28-74-49/h10-19,22-23,28,30,39,41-43,50,66H,20-21,24-27H2,1-9H3,(H,58,68)(H,60,69)/t30-,39+,41-,42-,43-,50+/m0/s1. The van der Waals surface area contributed by atoms with Gasteiger partial charge in [-0.1, -0.05) is 57.2 Å². The summed E-state index contributed by atoms with van der Waals surface area (Å²) in [6, 6.07) is 20.4. The summed E-state index contributed by atoms with van der Waals surface area (Å²) in [5.41, 5.74) is 9.30. The maximum atomic E-state index is 14.4. The highest BCUT2D eigenvalue weighted by Gasteiger charge is 2.45. The number of carbonyl (C=O) groups excluding carboxylic acids is 4. The average Bonchev–Trinajstić information content (AvgIpc) is 4.28. The van der Waals surface area contributed by atoms with Gasteiger partial charge in [0.2, 0.25) is 11.8 Å². The minimum atomic E-state index is -1.05. The van der Waals surface area contributed by atoms with Crippen LogP contribution in [0.5, 0.6) is 5.75 Å². The molecule has 0 spiro atoms. The van der Waals surface area contributed by atoms with Crippen LogP contribution in [0.3, 0.4) is 0 Å². The number of aliphatic imine (C=N–C) groups is 1. The molecule has 2 fully saturated rings. The lowest BCUT2D eigenvalue weighted by atomic mass is 9.85. The van der Waals surface area contributed by atoms with Crippen molar-refractivity contribution in [3.63, 3.8) is 0 Å². The number of esters is 1. The average molecular weight is 1050 g/mol. The lowest BCUT2D eigenvalue weighted by Gasteiger charge is -2.35. The first-order valence-corrected chi connectivity index (χ1v) is 26.9. The number of nitrogens with zero attached hydrogens (tertiary/aromatic N) is 7. The third-order valence-electron chi connectivity index (χ3n) is 14.5. The van der Waals surface area contributed by atoms with E-state index in [1.807, 2.05) is 88.0 Å². The molecular weight excluding hydrogens is 991 g/mol. The zero-order valence-electron chi connectivity index (χ0n) is 43.5. The van der Waals surface area contributed by atoms with E-state index in [-0.39, 0.29) is 49.2 Å². The van der Waals surface area contributed by atoms with Gasteiger partial charge in [-0.25, -0.2) is 4.98 Å². The van der Waals surface area contributed by atoms with E-state index in [4.69, 9.17) is 18.9 Å². The largest absolute Gasteiger partial charge is 0.488 e. The molecule has 19 heteroatoms. The molecule has 3 aliphatic heterocycles. The number of aliphatic hydroxyl groups is 1. The molecule has 3 N–H and O–H groups in total. The number of methoxy groups -OCH3 is 1. The molecule has 0 unspecified atom stereocenters. The van der Waals surface area contributed by atoms with Crippen molar-refractivity contribution in [1.29, 1.82) is 0 Å². The number of carbonyl (C=O) groups is 4. The number of aliphatic hydroxyl groups excluding tert-OH is 1. The fourth-order valence-electron chi connectivity index (χ4n) is 10.3. The Kier molecular flexibility index (Phi) is 14.0. The van der Waals surface area contributed by atoms with Crippen LogP contribution in [0.2, 0.25) is 0 Å². The normalized spacial score (nSPS) is 19.3. The molecule has 4 aromatic heterocycles. The number of amides is 3. The molecule has 390 valence electrons. The predicted molar refractivity (Wildman–Crippen MR) is 288 cm³/mol. The molecule has 6 atom stereocenters. The van der Waals surface area contributed by atoms with Crippen molar-refractivity contribution in [3.8, 4) is 21.2 Å². The van der Waals surface area contributed by atoms with E-state index in [1.165, 1.54) is 16.9 Å². The Morgan fingerprint density at radius 1 is 0.933 bits per heavy atom. The van der Waals surface area contributed by atoms with Crippen LogP contribution in [0.15, 0.2) is 87.7 Å². The Labute approximate surface area is 443 Å². The molecule has 10 rings (SSSR count). The molecule has 7 aromatic rings. The third-order valence-corrected chi connectivity index (χ3v) is 16.7. The molecule has 0 bridgehead atoms. The lowest BCUT2D eigenvalue weighted by molar-refractivity contribution is -0.142. The van der Waals surface area contributed by atoms with E-state index in [1.54, 1.807) is 34.8 Å². The highest BCUT2D eigenvalue weighted by atomic mass is 32.1. The fraction of sp³-hybridized carbons (Fsp3) is 0.393. The van der Waals surface area contributed by atoms with Gasteiger partial charge in [0.05, 0.1) is 54.0 Å². The number of aromatic nitrogens is 4. The number of anilines is 1. The van der Waals surface area contributed by atoms with Gasteiger partial charge in [-0.2, -0.15) is 0 Å². The van der Waals surface area contributed by atoms with Crippen LogP contribution in [0.4, 0.5) is 5.69 Å². The zero-order chi connectivity index (χ0) is 53.0. The molecule has 0 radical (unpaired) electrons. The fourth-order valence-corrected chi connectivity index (χ4v) is 12.3. The first kappa shape index (κ1) is 51.3. The summed E-state index contributed by atoms with van der Waals surface area (Å²) in [5, 5.41) is 27.2. The molecule has 0 saturated carbocycles. The zero-order valence-corrected chi connectivity index (χ0v) is 45.1. The van der Waals surface area contributed by atoms with E-state index in [2.05, 4.69) is 68.8 Å². The maximum absolute atomic E-state index is 14.4. The summed E-state index contributed by atoms with van der Waals surface area (Å²) in [5.74, 6) is 0.167. The first-order valence-electron chi connectivity index (χ1n) is 25.2. The summed E-state index contributed by atoms with van der Waals surface area (Å²) < 4.78 is 19.6. The SMILES string of the molecule is COC(=O)C[C@@H]1N=C(c2ccc(N3CC[C@H](Oc4ccc5oc(C(=O)N[C@H](C(=O)N6C[C@H](O)C[C@H]6C(=O)N[C@@H](C)c6ccc(-c7scnc7C)cc6)C(C)(C)C)cc5c4)C3)cc2)c2c(sc(C)c2C)-n2c(C)nnc21. The Balaban J connectivity index is 0.783. The van der Waals surface area contributed by atoms with Gasteiger partial charge in [-0.3, -0.25) is 28.7 Å². The van der Waals surface area contributed by atoms with Gasteiger partial charge in [0.1, 0.15) is 46.4 Å². The van der Waals surface area contributed by atoms with E-state index in [0.717, 1.165) is 73.6 Å². The van der Waals surface area contributed by atoms with Crippen LogP contribution < -0.4 is 20.3 Å². The van der Waals surface area contributed by atoms with Crippen LogP contribution in [-0.4, -0.2) is 110 Å². The number of β-amino-alcohol motifs (C(OH)–C–C–N with tert-alkyl or cyclic N) is 1. The number of aryl methyl sites for hydroxylation is 3. The molecule has 17 nitrogen and oxygen atoms in total. The van der Waals surface area contributed by atoms with Gasteiger partial charge in [-0.15, -0.1) is 32.9 Å². The quantitative estimate of drug-likeness (QED) is 0.0930. The summed E-state index contributed by atoms with van der Waals surface area (Å²) in [6.45, 7) is 16.9. The van der Waals surface area contributed by atoms with E-state index in [9.17, 15) is 24.3 Å². The van der Waals surface area contributed by atoms with Crippen molar-refractivity contribution in [2.45, 2.75) is 111 Å².